The summed E-state index contributed by atoms with van der Waals surface area (Å²) in [4.78, 5) is 0. The highest BCUT2D eigenvalue weighted by Crippen LogP contribution is 2.19. The molecular weight excluding hydrogens is 261 g/mol. The first-order chi connectivity index (χ1) is 5.00. The maximum absolute atomic E-state index is 2.22. The fourth-order valence-electron chi connectivity index (χ4n) is 1.03. The summed E-state index contributed by atoms with van der Waals surface area (Å²) in [5.74, 6) is 0. The van der Waals surface area contributed by atoms with Crippen LogP contribution in [-0.2, 0) is 12.5 Å². The van der Waals surface area contributed by atoms with Gasteiger partial charge in [-0.3, -0.25) is 0 Å². The molecule has 0 bridgehead atoms. The molecule has 0 saturated heterocycles. The third-order valence-corrected chi connectivity index (χ3v) is 1.81. The van der Waals surface area contributed by atoms with Crippen molar-refractivity contribution >= 4 is 0 Å². The van der Waals surface area contributed by atoms with Gasteiger partial charge in [0.15, 0.2) is 12.4 Å². The second-order valence-corrected chi connectivity index (χ2v) is 4.01. The molecule has 0 spiro atoms. The maximum Gasteiger partial charge on any atom is 0.172 e. The number of hydrogen-bond donors (Lipinski definition) is 0. The normalized spacial score (nSPS) is 10.7. The van der Waals surface area contributed by atoms with Crippen molar-refractivity contribution in [1.29, 1.82) is 0 Å². The number of nitrogens with zero attached hydrogens (tertiary/aromatic N) is 1. The summed E-state index contributed by atoms with van der Waals surface area (Å²) in [5.41, 5.74) is 1.64. The smallest absolute Gasteiger partial charge is 0.172 e. The van der Waals surface area contributed by atoms with Gasteiger partial charge in [0.05, 0.1) is 0 Å². The summed E-state index contributed by atoms with van der Waals surface area (Å²) >= 11 is 0. The molecular formula is C10H16IN. The van der Waals surface area contributed by atoms with E-state index in [0.717, 1.165) is 0 Å². The SMILES string of the molecule is C[n+]1cccc(C(C)(C)C)c1.[I-]. The summed E-state index contributed by atoms with van der Waals surface area (Å²) < 4.78 is 2.08. The van der Waals surface area contributed by atoms with Gasteiger partial charge in [0.25, 0.3) is 0 Å². The molecule has 0 atom stereocenters. The van der Waals surface area contributed by atoms with Gasteiger partial charge in [-0.25, -0.2) is 4.57 Å². The largest absolute Gasteiger partial charge is 1.00 e. The summed E-state index contributed by atoms with van der Waals surface area (Å²) in [6.45, 7) is 6.67. The van der Waals surface area contributed by atoms with E-state index in [1.165, 1.54) is 5.56 Å². The lowest BCUT2D eigenvalue weighted by Crippen LogP contribution is -3.00. The van der Waals surface area contributed by atoms with Crippen molar-refractivity contribution in [1.82, 2.24) is 0 Å². The number of hydrogen-bond acceptors (Lipinski definition) is 0. The lowest BCUT2D eigenvalue weighted by Gasteiger charge is -2.16. The molecule has 68 valence electrons. The summed E-state index contributed by atoms with van der Waals surface area (Å²) in [7, 11) is 2.05. The first-order valence-electron chi connectivity index (χ1n) is 3.96. The molecule has 0 aliphatic heterocycles. The molecule has 0 aliphatic rings. The van der Waals surface area contributed by atoms with E-state index in [4.69, 9.17) is 0 Å². The Morgan fingerprint density at radius 1 is 1.25 bits per heavy atom. The van der Waals surface area contributed by atoms with Gasteiger partial charge in [-0.05, 0) is 11.5 Å². The molecule has 2 heteroatoms. The molecule has 1 rings (SSSR count). The minimum Gasteiger partial charge on any atom is -1.00 e. The molecule has 1 heterocycles. The fraction of sp³-hybridized carbons (Fsp3) is 0.500. The van der Waals surface area contributed by atoms with Crippen LogP contribution in [0.15, 0.2) is 24.5 Å². The minimum absolute atomic E-state index is 0. The standard InChI is InChI=1S/C10H16N.HI/c1-10(2,3)9-6-5-7-11(4)8-9;/h5-8H,1-4H3;1H/q+1;/p-1. The number of aryl methyl sites for hydroxylation is 1. The molecule has 0 N–H and O–H groups in total. The van der Waals surface area contributed by atoms with E-state index in [0.29, 0.717) is 0 Å². The zero-order chi connectivity index (χ0) is 8.48. The fourth-order valence-corrected chi connectivity index (χ4v) is 1.03. The van der Waals surface area contributed by atoms with Crippen LogP contribution in [0.1, 0.15) is 26.3 Å². The van der Waals surface area contributed by atoms with Crippen LogP contribution in [0.4, 0.5) is 0 Å². The van der Waals surface area contributed by atoms with E-state index in [1.54, 1.807) is 0 Å². The van der Waals surface area contributed by atoms with Gasteiger partial charge in [-0.1, -0.05) is 20.8 Å². The molecule has 1 aromatic heterocycles. The van der Waals surface area contributed by atoms with Gasteiger partial charge in [0, 0.05) is 11.6 Å². The maximum atomic E-state index is 2.22. The van der Waals surface area contributed by atoms with Crippen LogP contribution in [0.25, 0.3) is 0 Å². The Morgan fingerprint density at radius 3 is 2.17 bits per heavy atom. The van der Waals surface area contributed by atoms with Crippen molar-refractivity contribution in [2.75, 3.05) is 0 Å². The number of halogens is 1. The zero-order valence-electron chi connectivity index (χ0n) is 8.13. The molecule has 0 aromatic carbocycles. The Kier molecular flexibility index (Phi) is 4.17. The highest BCUT2D eigenvalue weighted by molar-refractivity contribution is 5.15. The molecule has 0 aliphatic carbocycles. The predicted octanol–water partition coefficient (Wildman–Crippen LogP) is -1.19. The van der Waals surface area contributed by atoms with Crippen molar-refractivity contribution in [3.05, 3.63) is 30.1 Å². The highest BCUT2D eigenvalue weighted by Gasteiger charge is 2.15. The van der Waals surface area contributed by atoms with Crippen molar-refractivity contribution in [2.24, 2.45) is 7.05 Å². The van der Waals surface area contributed by atoms with E-state index in [-0.39, 0.29) is 29.4 Å². The number of aromatic nitrogens is 1. The monoisotopic (exact) mass is 277 g/mol. The van der Waals surface area contributed by atoms with Crippen molar-refractivity contribution < 1.29 is 28.5 Å². The lowest BCUT2D eigenvalue weighted by atomic mass is 9.88. The Bertz CT molecular complexity index is 250. The van der Waals surface area contributed by atoms with Gasteiger partial charge in [0.2, 0.25) is 0 Å². The summed E-state index contributed by atoms with van der Waals surface area (Å²) in [5, 5.41) is 0. The average molecular weight is 277 g/mol. The number of pyridine rings is 1. The van der Waals surface area contributed by atoms with Crippen LogP contribution in [-0.4, -0.2) is 0 Å². The van der Waals surface area contributed by atoms with Crippen LogP contribution in [0.2, 0.25) is 0 Å². The van der Waals surface area contributed by atoms with Crippen molar-refractivity contribution in [3.8, 4) is 0 Å². The van der Waals surface area contributed by atoms with E-state index in [2.05, 4.69) is 56.9 Å². The molecule has 0 radical (unpaired) electrons. The Hall–Kier alpha value is -0.120. The third kappa shape index (κ3) is 3.09. The van der Waals surface area contributed by atoms with Crippen molar-refractivity contribution in [2.45, 2.75) is 26.2 Å². The zero-order valence-corrected chi connectivity index (χ0v) is 10.3. The van der Waals surface area contributed by atoms with Crippen LogP contribution in [0.3, 0.4) is 0 Å². The van der Waals surface area contributed by atoms with E-state index < -0.39 is 0 Å². The second-order valence-electron chi connectivity index (χ2n) is 4.01. The molecule has 0 amide bonds. The molecule has 0 saturated carbocycles. The average Bonchev–Trinajstić information content (AvgIpc) is 1.86. The second kappa shape index (κ2) is 4.21. The molecule has 1 aromatic rings. The summed E-state index contributed by atoms with van der Waals surface area (Å²) in [6, 6.07) is 4.25. The van der Waals surface area contributed by atoms with Crippen molar-refractivity contribution in [3.63, 3.8) is 0 Å². The van der Waals surface area contributed by atoms with E-state index >= 15 is 0 Å². The van der Waals surface area contributed by atoms with Crippen LogP contribution < -0.4 is 28.5 Å². The van der Waals surface area contributed by atoms with Crippen LogP contribution in [0.5, 0.6) is 0 Å². The first-order valence-corrected chi connectivity index (χ1v) is 3.96. The van der Waals surface area contributed by atoms with E-state index in [1.807, 2.05) is 0 Å². The van der Waals surface area contributed by atoms with Gasteiger partial charge < -0.3 is 24.0 Å². The number of rotatable bonds is 0. The van der Waals surface area contributed by atoms with Gasteiger partial charge in [-0.15, -0.1) is 0 Å². The quantitative estimate of drug-likeness (QED) is 0.415. The molecule has 1 nitrogen and oxygen atoms in total. The van der Waals surface area contributed by atoms with Crippen LogP contribution in [0, 0.1) is 0 Å². The minimum atomic E-state index is 0. The topological polar surface area (TPSA) is 3.88 Å². The van der Waals surface area contributed by atoms with E-state index in [9.17, 15) is 0 Å². The highest BCUT2D eigenvalue weighted by atomic mass is 127. The molecule has 0 fully saturated rings. The van der Waals surface area contributed by atoms with Gasteiger partial charge >= 0.3 is 0 Å². The first kappa shape index (κ1) is 11.9. The van der Waals surface area contributed by atoms with Gasteiger partial charge in [0.1, 0.15) is 7.05 Å². The third-order valence-electron chi connectivity index (χ3n) is 1.81. The van der Waals surface area contributed by atoms with Crippen LogP contribution >= 0.6 is 0 Å². The molecule has 0 unspecified atom stereocenters. The van der Waals surface area contributed by atoms with Gasteiger partial charge in [-0.2, -0.15) is 0 Å². The molecule has 12 heavy (non-hydrogen) atoms. The summed E-state index contributed by atoms with van der Waals surface area (Å²) in [6.07, 6.45) is 4.22. The predicted molar refractivity (Wildman–Crippen MR) is 46.3 cm³/mol. The Balaban J connectivity index is 0.00000121. The lowest BCUT2D eigenvalue weighted by molar-refractivity contribution is -0.672. The Labute approximate surface area is 91.8 Å². The Morgan fingerprint density at radius 2 is 1.83 bits per heavy atom.